The van der Waals surface area contributed by atoms with E-state index in [4.69, 9.17) is 14.2 Å². The van der Waals surface area contributed by atoms with Gasteiger partial charge in [-0.05, 0) is 105 Å². The van der Waals surface area contributed by atoms with Gasteiger partial charge < -0.3 is 14.2 Å². The summed E-state index contributed by atoms with van der Waals surface area (Å²) in [5, 5.41) is 0. The van der Waals surface area contributed by atoms with Gasteiger partial charge in [0.15, 0.2) is 23.2 Å². The van der Waals surface area contributed by atoms with Crippen molar-refractivity contribution in [2.75, 3.05) is 19.8 Å². The fourth-order valence-corrected chi connectivity index (χ4v) is 5.91. The molecule has 0 spiro atoms. The van der Waals surface area contributed by atoms with E-state index in [1.54, 1.807) is 12.1 Å². The fourth-order valence-electron chi connectivity index (χ4n) is 5.91. The minimum atomic E-state index is -0.671. The van der Waals surface area contributed by atoms with Gasteiger partial charge in [0.05, 0.1) is 19.3 Å². The third-order valence-electron chi connectivity index (χ3n) is 8.24. The molecule has 210 valence electrons. The van der Waals surface area contributed by atoms with Crippen molar-refractivity contribution in [3.8, 4) is 11.5 Å². The summed E-state index contributed by atoms with van der Waals surface area (Å²) in [4.78, 5) is 0. The van der Waals surface area contributed by atoms with Gasteiger partial charge in [-0.15, -0.1) is 0 Å². The summed E-state index contributed by atoms with van der Waals surface area (Å²) >= 11 is 0. The number of unbranched alkanes of at least 4 members (excludes halogenated alkanes) is 1. The monoisotopic (exact) mass is 532 g/mol. The molecule has 2 aromatic carbocycles. The van der Waals surface area contributed by atoms with Crippen molar-refractivity contribution in [1.29, 1.82) is 0 Å². The van der Waals surface area contributed by atoms with Crippen LogP contribution in [0.1, 0.15) is 107 Å². The molecule has 0 heterocycles. The van der Waals surface area contributed by atoms with E-state index < -0.39 is 17.5 Å². The summed E-state index contributed by atoms with van der Waals surface area (Å²) in [6.07, 6.45) is 9.91. The first kappa shape index (κ1) is 28.8. The molecule has 2 aromatic rings. The van der Waals surface area contributed by atoms with Gasteiger partial charge >= 0.3 is 0 Å². The Bertz CT molecular complexity index is 1010. The van der Waals surface area contributed by atoms with Crippen LogP contribution >= 0.6 is 0 Å². The minimum absolute atomic E-state index is 0.00395. The summed E-state index contributed by atoms with van der Waals surface area (Å²) in [6.45, 7) is 5.93. The van der Waals surface area contributed by atoms with E-state index in [9.17, 15) is 4.39 Å². The Hall–Kier alpha value is -2.21. The van der Waals surface area contributed by atoms with Gasteiger partial charge in [0.25, 0.3) is 0 Å². The van der Waals surface area contributed by atoms with Gasteiger partial charge in [-0.1, -0.05) is 32.4 Å². The SMILES string of the molecule is CCCCOc1ccc(OCC2CCC(c3ccc(C4CCC(OCCC)CC4)c(F)c3F)CC2)c(F)c1. The lowest BCUT2D eigenvalue weighted by Crippen LogP contribution is -2.22. The van der Waals surface area contributed by atoms with Crippen LogP contribution in [0.25, 0.3) is 0 Å². The highest BCUT2D eigenvalue weighted by molar-refractivity contribution is 5.33. The summed E-state index contributed by atoms with van der Waals surface area (Å²) < 4.78 is 62.0. The van der Waals surface area contributed by atoms with Crippen molar-refractivity contribution in [2.45, 2.75) is 102 Å². The first-order valence-electron chi connectivity index (χ1n) is 14.6. The molecule has 2 fully saturated rings. The van der Waals surface area contributed by atoms with Crippen molar-refractivity contribution in [3.63, 3.8) is 0 Å². The number of ether oxygens (including phenoxy) is 3. The molecule has 6 heteroatoms. The topological polar surface area (TPSA) is 27.7 Å². The third kappa shape index (κ3) is 7.46. The zero-order chi connectivity index (χ0) is 26.9. The Kier molecular flexibility index (Phi) is 10.8. The molecule has 2 saturated carbocycles. The van der Waals surface area contributed by atoms with Crippen LogP contribution in [0.3, 0.4) is 0 Å². The lowest BCUT2D eigenvalue weighted by atomic mass is 9.77. The van der Waals surface area contributed by atoms with E-state index in [0.717, 1.165) is 77.2 Å². The van der Waals surface area contributed by atoms with Crippen molar-refractivity contribution < 1.29 is 27.4 Å². The molecule has 4 rings (SSSR count). The van der Waals surface area contributed by atoms with Gasteiger partial charge in [0.1, 0.15) is 5.75 Å². The molecule has 0 N–H and O–H groups in total. The average Bonchev–Trinajstić information content (AvgIpc) is 2.94. The number of benzene rings is 2. The van der Waals surface area contributed by atoms with Crippen molar-refractivity contribution in [2.24, 2.45) is 5.92 Å². The zero-order valence-corrected chi connectivity index (χ0v) is 23.0. The molecule has 2 aliphatic rings. The van der Waals surface area contributed by atoms with Crippen LogP contribution in [0, 0.1) is 23.4 Å². The molecular weight excluding hydrogens is 489 g/mol. The first-order valence-corrected chi connectivity index (χ1v) is 14.6. The van der Waals surface area contributed by atoms with Crippen LogP contribution in [0.15, 0.2) is 30.3 Å². The number of hydrogen-bond donors (Lipinski definition) is 0. The van der Waals surface area contributed by atoms with E-state index in [0.29, 0.717) is 30.1 Å². The molecule has 0 amide bonds. The highest BCUT2D eigenvalue weighted by Crippen LogP contribution is 2.41. The zero-order valence-electron chi connectivity index (χ0n) is 23.0. The highest BCUT2D eigenvalue weighted by Gasteiger charge is 2.30. The second-order valence-corrected chi connectivity index (χ2v) is 11.0. The summed E-state index contributed by atoms with van der Waals surface area (Å²) in [5.41, 5.74) is 1.02. The highest BCUT2D eigenvalue weighted by atomic mass is 19.2. The van der Waals surface area contributed by atoms with Crippen LogP contribution in [-0.2, 0) is 4.74 Å². The molecule has 0 bridgehead atoms. The Morgan fingerprint density at radius 2 is 1.34 bits per heavy atom. The van der Waals surface area contributed by atoms with Crippen molar-refractivity contribution >= 4 is 0 Å². The lowest BCUT2D eigenvalue weighted by molar-refractivity contribution is 0.0248. The molecule has 0 saturated heterocycles. The van der Waals surface area contributed by atoms with Crippen LogP contribution in [0.2, 0.25) is 0 Å². The quantitative estimate of drug-likeness (QED) is 0.255. The van der Waals surface area contributed by atoms with Gasteiger partial charge in [-0.3, -0.25) is 0 Å². The Labute approximate surface area is 226 Å². The maximum Gasteiger partial charge on any atom is 0.168 e. The van der Waals surface area contributed by atoms with E-state index >= 15 is 8.78 Å². The molecule has 0 aromatic heterocycles. The maximum absolute atomic E-state index is 15.2. The Balaban J connectivity index is 1.26. The molecule has 38 heavy (non-hydrogen) atoms. The third-order valence-corrected chi connectivity index (χ3v) is 8.24. The predicted molar refractivity (Wildman–Crippen MR) is 145 cm³/mol. The van der Waals surface area contributed by atoms with Crippen LogP contribution in [0.4, 0.5) is 13.2 Å². The Morgan fingerprint density at radius 1 is 0.711 bits per heavy atom. The molecule has 0 aliphatic heterocycles. The largest absolute Gasteiger partial charge is 0.493 e. The summed E-state index contributed by atoms with van der Waals surface area (Å²) in [7, 11) is 0. The molecule has 0 unspecified atom stereocenters. The minimum Gasteiger partial charge on any atom is -0.493 e. The van der Waals surface area contributed by atoms with Crippen LogP contribution < -0.4 is 9.47 Å². The van der Waals surface area contributed by atoms with Gasteiger partial charge in [-0.2, -0.15) is 0 Å². The molecule has 2 aliphatic carbocycles. The first-order chi connectivity index (χ1) is 18.5. The van der Waals surface area contributed by atoms with Gasteiger partial charge in [0, 0.05) is 12.7 Å². The normalized spacial score (nSPS) is 23.8. The molecule has 0 atom stereocenters. The summed E-state index contributed by atoms with van der Waals surface area (Å²) in [5.74, 6) is -0.689. The Morgan fingerprint density at radius 3 is 1.92 bits per heavy atom. The summed E-state index contributed by atoms with van der Waals surface area (Å²) in [6, 6.07) is 8.35. The number of rotatable bonds is 12. The van der Waals surface area contributed by atoms with Crippen LogP contribution in [-0.4, -0.2) is 25.9 Å². The standard InChI is InChI=1S/C32H43F3O3/c1-3-5-19-37-26-14-17-30(29(33)20-26)38-21-22-6-8-23(9-7-22)27-15-16-28(32(35)31(27)34)24-10-12-25(13-11-24)36-18-4-2/h14-17,20,22-25H,3-13,18-19,21H2,1-2H3. The number of halogens is 3. The fraction of sp³-hybridized carbons (Fsp3) is 0.625. The van der Waals surface area contributed by atoms with Crippen molar-refractivity contribution in [3.05, 3.63) is 58.9 Å². The van der Waals surface area contributed by atoms with Gasteiger partial charge in [-0.25, -0.2) is 13.2 Å². The molecule has 0 radical (unpaired) electrons. The van der Waals surface area contributed by atoms with Crippen molar-refractivity contribution in [1.82, 2.24) is 0 Å². The molecular formula is C32H43F3O3. The van der Waals surface area contributed by atoms with E-state index in [1.807, 2.05) is 12.1 Å². The second kappa shape index (κ2) is 14.3. The van der Waals surface area contributed by atoms with Gasteiger partial charge in [0.2, 0.25) is 0 Å². The van der Waals surface area contributed by atoms with E-state index in [2.05, 4.69) is 13.8 Å². The predicted octanol–water partition coefficient (Wildman–Crippen LogP) is 9.09. The number of hydrogen-bond acceptors (Lipinski definition) is 3. The molecule has 3 nitrogen and oxygen atoms in total. The van der Waals surface area contributed by atoms with E-state index in [-0.39, 0.29) is 29.6 Å². The average molecular weight is 533 g/mol. The second-order valence-electron chi connectivity index (χ2n) is 11.0. The van der Waals surface area contributed by atoms with Crippen LogP contribution in [0.5, 0.6) is 11.5 Å². The smallest absolute Gasteiger partial charge is 0.168 e. The van der Waals surface area contributed by atoms with E-state index in [1.165, 1.54) is 6.07 Å². The maximum atomic E-state index is 15.2. The lowest BCUT2D eigenvalue weighted by Gasteiger charge is -2.31.